The van der Waals surface area contributed by atoms with Crippen LogP contribution in [-0.2, 0) is 6.54 Å². The van der Waals surface area contributed by atoms with Crippen LogP contribution in [-0.4, -0.2) is 15.7 Å². The van der Waals surface area contributed by atoms with Gasteiger partial charge in [0.15, 0.2) is 0 Å². The first-order valence-electron chi connectivity index (χ1n) is 6.66. The minimum Gasteiger partial charge on any atom is -0.347 e. The Balaban J connectivity index is 2.04. The number of benzene rings is 1. The van der Waals surface area contributed by atoms with Crippen molar-refractivity contribution in [2.24, 2.45) is 0 Å². The van der Waals surface area contributed by atoms with E-state index in [9.17, 15) is 9.18 Å². The highest BCUT2D eigenvalue weighted by atomic mass is 35.5. The van der Waals surface area contributed by atoms with E-state index in [0.717, 1.165) is 11.3 Å². The van der Waals surface area contributed by atoms with E-state index in [-0.39, 0.29) is 23.5 Å². The Morgan fingerprint density at radius 1 is 1.43 bits per heavy atom. The Bertz CT molecular complexity index is 667. The average molecular weight is 310 g/mol. The van der Waals surface area contributed by atoms with Crippen molar-refractivity contribution in [3.05, 3.63) is 52.1 Å². The van der Waals surface area contributed by atoms with Crippen LogP contribution in [0.25, 0.3) is 0 Å². The van der Waals surface area contributed by atoms with E-state index in [1.807, 2.05) is 20.8 Å². The second kappa shape index (κ2) is 6.26. The number of rotatable bonds is 4. The number of aromatic nitrogens is 2. The van der Waals surface area contributed by atoms with Crippen molar-refractivity contribution in [1.82, 2.24) is 15.1 Å². The fraction of sp³-hybridized carbons (Fsp3) is 0.333. The van der Waals surface area contributed by atoms with Crippen molar-refractivity contribution in [1.29, 1.82) is 0 Å². The number of amides is 1. The number of nitrogens with one attached hydrogen (secondary N) is 1. The summed E-state index contributed by atoms with van der Waals surface area (Å²) in [6.45, 7) is 6.18. The molecule has 2 rings (SSSR count). The zero-order chi connectivity index (χ0) is 15.6. The predicted octanol–water partition coefficient (Wildman–Crippen LogP) is 3.49. The molecule has 0 aliphatic rings. The lowest BCUT2D eigenvalue weighted by molar-refractivity contribution is 0.0945. The normalized spacial score (nSPS) is 11.0. The Morgan fingerprint density at radius 3 is 2.71 bits per heavy atom. The van der Waals surface area contributed by atoms with E-state index >= 15 is 0 Å². The second-order valence-corrected chi connectivity index (χ2v) is 5.55. The molecule has 112 valence electrons. The average Bonchev–Trinajstić information content (AvgIpc) is 2.82. The molecule has 0 spiro atoms. The van der Waals surface area contributed by atoms with E-state index < -0.39 is 5.82 Å². The maximum atomic E-state index is 13.1. The topological polar surface area (TPSA) is 46.9 Å². The molecule has 0 aliphatic heterocycles. The number of hydrogen-bond acceptors (Lipinski definition) is 2. The molecule has 21 heavy (non-hydrogen) atoms. The van der Waals surface area contributed by atoms with E-state index in [4.69, 9.17) is 11.6 Å². The molecular weight excluding hydrogens is 293 g/mol. The molecule has 0 atom stereocenters. The van der Waals surface area contributed by atoms with E-state index in [1.165, 1.54) is 12.1 Å². The smallest absolute Gasteiger partial charge is 0.272 e. The SMILES string of the molecule is Cc1cc(C(=O)NCc2ccc(F)c(Cl)c2)nn1C(C)C. The summed E-state index contributed by atoms with van der Waals surface area (Å²) in [6, 6.07) is 6.30. The fourth-order valence-corrected chi connectivity index (χ4v) is 2.25. The molecule has 0 saturated heterocycles. The number of aryl methyl sites for hydroxylation is 1. The van der Waals surface area contributed by atoms with Crippen molar-refractivity contribution in [3.63, 3.8) is 0 Å². The van der Waals surface area contributed by atoms with Gasteiger partial charge in [-0.15, -0.1) is 0 Å². The fourth-order valence-electron chi connectivity index (χ4n) is 2.04. The van der Waals surface area contributed by atoms with Gasteiger partial charge in [0.2, 0.25) is 0 Å². The van der Waals surface area contributed by atoms with Crippen LogP contribution in [0.4, 0.5) is 4.39 Å². The highest BCUT2D eigenvalue weighted by Gasteiger charge is 2.13. The molecule has 0 bridgehead atoms. The first-order valence-corrected chi connectivity index (χ1v) is 7.04. The molecule has 1 aromatic heterocycles. The van der Waals surface area contributed by atoms with Crippen molar-refractivity contribution < 1.29 is 9.18 Å². The van der Waals surface area contributed by atoms with Crippen LogP contribution < -0.4 is 5.32 Å². The Kier molecular flexibility index (Phi) is 4.63. The highest BCUT2D eigenvalue weighted by Crippen LogP contribution is 2.16. The third-order valence-corrected chi connectivity index (χ3v) is 3.37. The lowest BCUT2D eigenvalue weighted by atomic mass is 10.2. The van der Waals surface area contributed by atoms with Gasteiger partial charge in [0.05, 0.1) is 5.02 Å². The van der Waals surface area contributed by atoms with Crippen LogP contribution in [0.1, 0.15) is 41.6 Å². The summed E-state index contributed by atoms with van der Waals surface area (Å²) in [5.74, 6) is -0.740. The lowest BCUT2D eigenvalue weighted by Gasteiger charge is -2.07. The molecule has 0 saturated carbocycles. The number of halogens is 2. The molecule has 0 unspecified atom stereocenters. The summed E-state index contributed by atoms with van der Waals surface area (Å²) >= 11 is 5.70. The first-order chi connectivity index (χ1) is 9.88. The molecule has 4 nitrogen and oxygen atoms in total. The van der Waals surface area contributed by atoms with Gasteiger partial charge < -0.3 is 5.32 Å². The minimum atomic E-state index is -0.474. The van der Waals surface area contributed by atoms with Crippen molar-refractivity contribution in [2.75, 3.05) is 0 Å². The first kappa shape index (κ1) is 15.5. The third-order valence-electron chi connectivity index (χ3n) is 3.08. The Morgan fingerprint density at radius 2 is 2.14 bits per heavy atom. The summed E-state index contributed by atoms with van der Waals surface area (Å²) in [6.07, 6.45) is 0. The van der Waals surface area contributed by atoms with Gasteiger partial charge in [0, 0.05) is 18.3 Å². The molecule has 6 heteroatoms. The van der Waals surface area contributed by atoms with Gasteiger partial charge in [-0.3, -0.25) is 9.48 Å². The molecule has 0 aliphatic carbocycles. The second-order valence-electron chi connectivity index (χ2n) is 5.14. The van der Waals surface area contributed by atoms with Gasteiger partial charge in [-0.05, 0) is 44.5 Å². The standard InChI is InChI=1S/C15H17ClFN3O/c1-9(2)20-10(3)6-14(19-20)15(21)18-8-11-4-5-13(17)12(16)7-11/h4-7,9H,8H2,1-3H3,(H,18,21). The van der Waals surface area contributed by atoms with Crippen LogP contribution in [0.5, 0.6) is 0 Å². The van der Waals surface area contributed by atoms with Crippen LogP contribution >= 0.6 is 11.6 Å². The summed E-state index contributed by atoms with van der Waals surface area (Å²) in [5.41, 5.74) is 2.03. The minimum absolute atomic E-state index is 0.0432. The molecule has 2 aromatic rings. The predicted molar refractivity (Wildman–Crippen MR) is 79.9 cm³/mol. The number of carbonyl (C=O) groups is 1. The van der Waals surface area contributed by atoms with Gasteiger partial charge in [-0.2, -0.15) is 5.10 Å². The molecule has 1 heterocycles. The van der Waals surface area contributed by atoms with Crippen LogP contribution in [0.15, 0.2) is 24.3 Å². The van der Waals surface area contributed by atoms with E-state index in [1.54, 1.807) is 16.8 Å². The van der Waals surface area contributed by atoms with Crippen LogP contribution in [0, 0.1) is 12.7 Å². The van der Waals surface area contributed by atoms with Crippen LogP contribution in [0.3, 0.4) is 0 Å². The quantitative estimate of drug-likeness (QED) is 0.939. The van der Waals surface area contributed by atoms with E-state index in [0.29, 0.717) is 5.69 Å². The van der Waals surface area contributed by atoms with Gasteiger partial charge in [0.1, 0.15) is 11.5 Å². The van der Waals surface area contributed by atoms with Crippen molar-refractivity contribution >= 4 is 17.5 Å². The molecule has 1 aromatic carbocycles. The zero-order valence-corrected chi connectivity index (χ0v) is 12.9. The molecule has 0 radical (unpaired) electrons. The maximum absolute atomic E-state index is 13.1. The monoisotopic (exact) mass is 309 g/mol. The van der Waals surface area contributed by atoms with Gasteiger partial charge in [0.25, 0.3) is 5.91 Å². The zero-order valence-electron chi connectivity index (χ0n) is 12.2. The maximum Gasteiger partial charge on any atom is 0.272 e. The Hall–Kier alpha value is -1.88. The van der Waals surface area contributed by atoms with Gasteiger partial charge in [-0.1, -0.05) is 17.7 Å². The largest absolute Gasteiger partial charge is 0.347 e. The third kappa shape index (κ3) is 3.61. The number of carbonyl (C=O) groups excluding carboxylic acids is 1. The molecule has 1 amide bonds. The van der Waals surface area contributed by atoms with E-state index in [2.05, 4.69) is 10.4 Å². The summed E-state index contributed by atoms with van der Waals surface area (Å²) < 4.78 is 14.8. The number of hydrogen-bond donors (Lipinski definition) is 1. The lowest BCUT2D eigenvalue weighted by Crippen LogP contribution is -2.23. The van der Waals surface area contributed by atoms with Gasteiger partial charge in [-0.25, -0.2) is 4.39 Å². The number of nitrogens with zero attached hydrogens (tertiary/aromatic N) is 2. The summed E-state index contributed by atoms with van der Waals surface area (Å²) in [7, 11) is 0. The highest BCUT2D eigenvalue weighted by molar-refractivity contribution is 6.30. The molecular formula is C15H17ClFN3O. The van der Waals surface area contributed by atoms with Crippen molar-refractivity contribution in [2.45, 2.75) is 33.4 Å². The Labute approximate surface area is 127 Å². The molecule has 1 N–H and O–H groups in total. The summed E-state index contributed by atoms with van der Waals surface area (Å²) in [4.78, 5) is 12.1. The van der Waals surface area contributed by atoms with Gasteiger partial charge >= 0.3 is 0 Å². The van der Waals surface area contributed by atoms with Crippen molar-refractivity contribution in [3.8, 4) is 0 Å². The molecule has 0 fully saturated rings. The van der Waals surface area contributed by atoms with Crippen LogP contribution in [0.2, 0.25) is 5.02 Å². The summed E-state index contributed by atoms with van der Waals surface area (Å²) in [5, 5.41) is 7.06.